The van der Waals surface area contributed by atoms with Gasteiger partial charge in [0.15, 0.2) is 0 Å². The number of halogens is 1. The second-order valence-corrected chi connectivity index (χ2v) is 8.36. The molecule has 1 aromatic carbocycles. The number of benzene rings is 1. The van der Waals surface area contributed by atoms with E-state index in [0.29, 0.717) is 0 Å². The fourth-order valence-electron chi connectivity index (χ4n) is 3.67. The van der Waals surface area contributed by atoms with Crippen molar-refractivity contribution >= 4 is 11.7 Å². The number of nitrogens with one attached hydrogen (secondary N) is 1. The number of aromatic nitrogens is 2. The lowest BCUT2D eigenvalue weighted by molar-refractivity contribution is -0.126. The lowest BCUT2D eigenvalue weighted by Gasteiger charge is -2.38. The van der Waals surface area contributed by atoms with Crippen molar-refractivity contribution in [1.82, 2.24) is 20.2 Å². The number of nitrogens with zero attached hydrogens (tertiary/aromatic N) is 4. The van der Waals surface area contributed by atoms with Crippen LogP contribution in [0.2, 0.25) is 0 Å². The van der Waals surface area contributed by atoms with Gasteiger partial charge in [-0.2, -0.15) is 0 Å². The topological polar surface area (TPSA) is 61.4 Å². The van der Waals surface area contributed by atoms with Gasteiger partial charge in [-0.15, -0.1) is 0 Å². The molecule has 2 aromatic rings. The molecule has 0 aliphatic carbocycles. The zero-order valence-electron chi connectivity index (χ0n) is 18.5. The second-order valence-electron chi connectivity index (χ2n) is 8.36. The summed E-state index contributed by atoms with van der Waals surface area (Å²) in [5.74, 6) is 1.84. The number of hydrogen-bond donors (Lipinski definition) is 1. The number of aryl methyl sites for hydroxylation is 1. The van der Waals surface area contributed by atoms with E-state index in [-0.39, 0.29) is 29.7 Å². The van der Waals surface area contributed by atoms with Crippen LogP contribution in [-0.2, 0) is 4.79 Å². The smallest absolute Gasteiger partial charge is 0.237 e. The summed E-state index contributed by atoms with van der Waals surface area (Å²) in [6.07, 6.45) is 0. The molecule has 3 rings (SSSR count). The minimum Gasteiger partial charge on any atom is -0.354 e. The van der Waals surface area contributed by atoms with Crippen molar-refractivity contribution in [2.45, 2.75) is 52.6 Å². The van der Waals surface area contributed by atoms with Gasteiger partial charge in [0.2, 0.25) is 5.91 Å². The number of rotatable bonds is 6. The summed E-state index contributed by atoms with van der Waals surface area (Å²) in [5.41, 5.74) is 1.87. The minimum atomic E-state index is -0.275. The van der Waals surface area contributed by atoms with Gasteiger partial charge in [0.25, 0.3) is 0 Å². The van der Waals surface area contributed by atoms with Gasteiger partial charge in [-0.1, -0.05) is 26.0 Å². The van der Waals surface area contributed by atoms with Gasteiger partial charge in [-0.05, 0) is 38.5 Å². The molecule has 1 amide bonds. The molecule has 30 heavy (non-hydrogen) atoms. The van der Waals surface area contributed by atoms with Gasteiger partial charge in [-0.3, -0.25) is 9.69 Å². The molecular weight excluding hydrogens is 381 g/mol. The van der Waals surface area contributed by atoms with Crippen LogP contribution in [0.5, 0.6) is 0 Å². The van der Waals surface area contributed by atoms with Crippen molar-refractivity contribution in [3.8, 4) is 0 Å². The molecule has 0 radical (unpaired) electrons. The van der Waals surface area contributed by atoms with E-state index < -0.39 is 0 Å². The molecule has 0 saturated carbocycles. The van der Waals surface area contributed by atoms with Crippen LogP contribution in [0.1, 0.15) is 56.7 Å². The maximum Gasteiger partial charge on any atom is 0.237 e. The van der Waals surface area contributed by atoms with Crippen LogP contribution in [-0.4, -0.2) is 53.0 Å². The summed E-state index contributed by atoms with van der Waals surface area (Å²) in [4.78, 5) is 26.5. The SMILES string of the molecule is Cc1cc(N2CCN([C@H](C)C(=O)N[C@H](C)c3ccc(F)cc3)CC2)nc(C(C)C)n1. The van der Waals surface area contributed by atoms with Crippen LogP contribution >= 0.6 is 0 Å². The normalized spacial score (nSPS) is 17.1. The highest BCUT2D eigenvalue weighted by Gasteiger charge is 2.27. The number of piperazine rings is 1. The highest BCUT2D eigenvalue weighted by atomic mass is 19.1. The first-order chi connectivity index (χ1) is 14.2. The third-order valence-corrected chi connectivity index (χ3v) is 5.67. The Balaban J connectivity index is 1.56. The van der Waals surface area contributed by atoms with Gasteiger partial charge in [0.1, 0.15) is 17.5 Å². The fourth-order valence-corrected chi connectivity index (χ4v) is 3.67. The third kappa shape index (κ3) is 5.33. The van der Waals surface area contributed by atoms with E-state index in [0.717, 1.165) is 49.1 Å². The number of amides is 1. The first-order valence-corrected chi connectivity index (χ1v) is 10.6. The molecule has 0 spiro atoms. The van der Waals surface area contributed by atoms with Gasteiger partial charge >= 0.3 is 0 Å². The monoisotopic (exact) mass is 413 g/mol. The molecule has 1 aliphatic heterocycles. The lowest BCUT2D eigenvalue weighted by atomic mass is 10.1. The Kier molecular flexibility index (Phi) is 7.02. The molecule has 0 unspecified atom stereocenters. The van der Waals surface area contributed by atoms with Crippen LogP contribution < -0.4 is 10.2 Å². The number of carbonyl (C=O) groups is 1. The van der Waals surface area contributed by atoms with E-state index in [9.17, 15) is 9.18 Å². The molecular formula is C23H32FN5O. The van der Waals surface area contributed by atoms with Crippen molar-refractivity contribution in [3.05, 3.63) is 53.2 Å². The van der Waals surface area contributed by atoms with Crippen LogP contribution in [0.3, 0.4) is 0 Å². The first-order valence-electron chi connectivity index (χ1n) is 10.6. The van der Waals surface area contributed by atoms with Crippen LogP contribution in [0, 0.1) is 12.7 Å². The average Bonchev–Trinajstić information content (AvgIpc) is 2.73. The standard InChI is InChI=1S/C23H32FN5O/c1-15(2)22-25-16(3)14-21(27-22)29-12-10-28(11-13-29)18(5)23(30)26-17(4)19-6-8-20(24)9-7-19/h6-9,14-15,17-18H,10-13H2,1-5H3,(H,26,30)/t17-,18-/m1/s1. The third-order valence-electron chi connectivity index (χ3n) is 5.67. The molecule has 7 heteroatoms. The van der Waals surface area contributed by atoms with E-state index >= 15 is 0 Å². The maximum atomic E-state index is 13.1. The van der Waals surface area contributed by atoms with Crippen LogP contribution in [0.25, 0.3) is 0 Å². The molecule has 162 valence electrons. The van der Waals surface area contributed by atoms with E-state index in [4.69, 9.17) is 4.98 Å². The largest absolute Gasteiger partial charge is 0.354 e. The predicted octanol–water partition coefficient (Wildman–Crippen LogP) is 3.44. The molecule has 6 nitrogen and oxygen atoms in total. The Morgan fingerprint density at radius 2 is 1.67 bits per heavy atom. The summed E-state index contributed by atoms with van der Waals surface area (Å²) in [5, 5.41) is 3.05. The highest BCUT2D eigenvalue weighted by Crippen LogP contribution is 2.20. The summed E-state index contributed by atoms with van der Waals surface area (Å²) < 4.78 is 13.1. The second kappa shape index (κ2) is 9.51. The molecule has 1 N–H and O–H groups in total. The summed E-state index contributed by atoms with van der Waals surface area (Å²) in [7, 11) is 0. The zero-order chi connectivity index (χ0) is 21.8. The zero-order valence-corrected chi connectivity index (χ0v) is 18.5. The molecule has 1 fully saturated rings. The Hall–Kier alpha value is -2.54. The number of carbonyl (C=O) groups excluding carboxylic acids is 1. The van der Waals surface area contributed by atoms with Crippen molar-refractivity contribution in [3.63, 3.8) is 0 Å². The highest BCUT2D eigenvalue weighted by molar-refractivity contribution is 5.81. The van der Waals surface area contributed by atoms with Crippen molar-refractivity contribution in [1.29, 1.82) is 0 Å². The van der Waals surface area contributed by atoms with Gasteiger partial charge in [-0.25, -0.2) is 14.4 Å². The maximum absolute atomic E-state index is 13.1. The quantitative estimate of drug-likeness (QED) is 0.786. The Morgan fingerprint density at radius 1 is 1.03 bits per heavy atom. The first kappa shape index (κ1) is 22.2. The average molecular weight is 414 g/mol. The predicted molar refractivity (Wildman–Crippen MR) is 117 cm³/mol. The van der Waals surface area contributed by atoms with E-state index in [1.807, 2.05) is 26.8 Å². The molecule has 1 aliphatic rings. The van der Waals surface area contributed by atoms with Crippen molar-refractivity contribution < 1.29 is 9.18 Å². The summed E-state index contributed by atoms with van der Waals surface area (Å²) >= 11 is 0. The summed E-state index contributed by atoms with van der Waals surface area (Å²) in [6, 6.07) is 7.88. The van der Waals surface area contributed by atoms with Gasteiger partial charge in [0.05, 0.1) is 12.1 Å². The van der Waals surface area contributed by atoms with Gasteiger partial charge < -0.3 is 10.2 Å². The Bertz CT molecular complexity index is 862. The molecule has 1 aromatic heterocycles. The van der Waals surface area contributed by atoms with Crippen molar-refractivity contribution in [2.75, 3.05) is 31.1 Å². The van der Waals surface area contributed by atoms with E-state index in [2.05, 4.69) is 33.9 Å². The van der Waals surface area contributed by atoms with Crippen molar-refractivity contribution in [2.24, 2.45) is 0 Å². The minimum absolute atomic E-state index is 0.0137. The van der Waals surface area contributed by atoms with E-state index in [1.54, 1.807) is 12.1 Å². The molecule has 0 bridgehead atoms. The lowest BCUT2D eigenvalue weighted by Crippen LogP contribution is -2.54. The Morgan fingerprint density at radius 3 is 2.27 bits per heavy atom. The summed E-state index contributed by atoms with van der Waals surface area (Å²) in [6.45, 7) is 13.3. The fraction of sp³-hybridized carbons (Fsp3) is 0.522. The number of hydrogen-bond acceptors (Lipinski definition) is 5. The molecule has 1 saturated heterocycles. The van der Waals surface area contributed by atoms with Crippen LogP contribution in [0.4, 0.5) is 10.2 Å². The van der Waals surface area contributed by atoms with E-state index in [1.165, 1.54) is 12.1 Å². The van der Waals surface area contributed by atoms with Crippen LogP contribution in [0.15, 0.2) is 30.3 Å². The Labute approximate surface area is 178 Å². The molecule has 2 atom stereocenters. The molecule has 2 heterocycles. The van der Waals surface area contributed by atoms with Gasteiger partial charge in [0, 0.05) is 43.9 Å². The number of anilines is 1.